The van der Waals surface area contributed by atoms with Crippen LogP contribution in [0.3, 0.4) is 0 Å². The first-order valence-corrected chi connectivity index (χ1v) is 4.59. The van der Waals surface area contributed by atoms with Gasteiger partial charge in [0.15, 0.2) is 0 Å². The van der Waals surface area contributed by atoms with Gasteiger partial charge in [-0.05, 0) is 6.42 Å². The maximum atomic E-state index is 12.1. The summed E-state index contributed by atoms with van der Waals surface area (Å²) in [7, 11) is 0. The Kier molecular flexibility index (Phi) is 3.09. The predicted octanol–water partition coefficient (Wildman–Crippen LogP) is 0.871. The van der Waals surface area contributed by atoms with Crippen LogP contribution in [0.5, 0.6) is 0 Å². The Morgan fingerprint density at radius 3 is 2.57 bits per heavy atom. The molecule has 1 saturated heterocycles. The summed E-state index contributed by atoms with van der Waals surface area (Å²) >= 11 is 0. The first-order chi connectivity index (χ1) is 6.34. The van der Waals surface area contributed by atoms with Crippen molar-refractivity contribution < 1.29 is 18.7 Å². The summed E-state index contributed by atoms with van der Waals surface area (Å²) in [5.41, 5.74) is -0.497. The average Bonchev–Trinajstić information content (AvgIpc) is 2.08. The topological polar surface area (TPSA) is 40.5 Å². The Labute approximate surface area is 81.7 Å². The number of carbonyl (C=O) groups is 1. The van der Waals surface area contributed by atoms with Crippen molar-refractivity contribution in [2.45, 2.75) is 32.8 Å². The molecule has 14 heavy (non-hydrogen) atoms. The van der Waals surface area contributed by atoms with Crippen LogP contribution in [0.15, 0.2) is 0 Å². The van der Waals surface area contributed by atoms with Crippen LogP contribution in [0.4, 0.5) is 8.78 Å². The number of nitrogens with zero attached hydrogens (tertiary/aromatic N) is 1. The molecular weight excluding hydrogens is 192 g/mol. The van der Waals surface area contributed by atoms with Crippen LogP contribution in [0.1, 0.15) is 20.3 Å². The van der Waals surface area contributed by atoms with Gasteiger partial charge < -0.3 is 10.0 Å². The van der Waals surface area contributed by atoms with E-state index in [0.717, 1.165) is 4.90 Å². The molecule has 3 nitrogen and oxygen atoms in total. The number of rotatable bonds is 1. The number of halogens is 2. The van der Waals surface area contributed by atoms with E-state index in [1.165, 1.54) is 0 Å². The summed E-state index contributed by atoms with van der Waals surface area (Å²) in [5, 5.41) is 9.55. The minimum atomic E-state index is -2.94. The minimum Gasteiger partial charge on any atom is -0.392 e. The third-order valence-electron chi connectivity index (χ3n) is 2.67. The highest BCUT2D eigenvalue weighted by Crippen LogP contribution is 2.29. The molecule has 0 bridgehead atoms. The Bertz CT molecular complexity index is 231. The molecule has 1 unspecified atom stereocenters. The van der Waals surface area contributed by atoms with E-state index in [-0.39, 0.29) is 13.1 Å². The van der Waals surface area contributed by atoms with Crippen LogP contribution in [-0.2, 0) is 4.79 Å². The van der Waals surface area contributed by atoms with E-state index >= 15 is 0 Å². The Morgan fingerprint density at radius 1 is 1.57 bits per heavy atom. The van der Waals surface area contributed by atoms with Gasteiger partial charge >= 0.3 is 6.43 Å². The van der Waals surface area contributed by atoms with Crippen molar-refractivity contribution in [3.05, 3.63) is 0 Å². The van der Waals surface area contributed by atoms with Crippen molar-refractivity contribution >= 4 is 5.91 Å². The minimum absolute atomic E-state index is 0.192. The number of aliphatic hydroxyl groups is 1. The lowest BCUT2D eigenvalue weighted by Gasteiger charge is -2.41. The van der Waals surface area contributed by atoms with Crippen molar-refractivity contribution in [3.8, 4) is 0 Å². The number of piperidine rings is 1. The second kappa shape index (κ2) is 3.81. The molecule has 1 heterocycles. The number of alkyl halides is 2. The van der Waals surface area contributed by atoms with Gasteiger partial charge in [-0.3, -0.25) is 4.79 Å². The molecule has 0 aromatic heterocycles. The van der Waals surface area contributed by atoms with Gasteiger partial charge in [-0.15, -0.1) is 0 Å². The average molecular weight is 207 g/mol. The standard InChI is InChI=1S/C9H15F2NO2/c1-9(2)5-12(4-3-6(9)13)8(14)7(10)11/h6-7,13H,3-5H2,1-2H3. The third kappa shape index (κ3) is 2.20. The first kappa shape index (κ1) is 11.4. The van der Waals surface area contributed by atoms with Gasteiger partial charge in [0.2, 0.25) is 0 Å². The molecule has 0 aromatic rings. The van der Waals surface area contributed by atoms with E-state index < -0.39 is 23.9 Å². The van der Waals surface area contributed by atoms with Gasteiger partial charge in [0.1, 0.15) is 0 Å². The van der Waals surface area contributed by atoms with Gasteiger partial charge in [-0.1, -0.05) is 13.8 Å². The number of carbonyl (C=O) groups excluding carboxylic acids is 1. The largest absolute Gasteiger partial charge is 0.392 e. The van der Waals surface area contributed by atoms with Gasteiger partial charge in [0.25, 0.3) is 5.91 Å². The molecule has 1 aliphatic heterocycles. The highest BCUT2D eigenvalue weighted by atomic mass is 19.3. The Hall–Kier alpha value is -0.710. The summed E-state index contributed by atoms with van der Waals surface area (Å²) in [6, 6.07) is 0. The molecule has 0 aromatic carbocycles. The molecule has 82 valence electrons. The fraction of sp³-hybridized carbons (Fsp3) is 0.889. The normalized spacial score (nSPS) is 26.7. The highest BCUT2D eigenvalue weighted by Gasteiger charge is 2.38. The number of likely N-dealkylation sites (tertiary alicyclic amines) is 1. The van der Waals surface area contributed by atoms with Gasteiger partial charge in [0, 0.05) is 18.5 Å². The highest BCUT2D eigenvalue weighted by molar-refractivity contribution is 5.79. The fourth-order valence-corrected chi connectivity index (χ4v) is 1.67. The molecule has 5 heteroatoms. The molecule has 1 atom stereocenters. The van der Waals surface area contributed by atoms with Crippen molar-refractivity contribution in [2.24, 2.45) is 5.41 Å². The zero-order valence-corrected chi connectivity index (χ0v) is 8.33. The molecule has 1 fully saturated rings. The number of aliphatic hydroxyl groups excluding tert-OH is 1. The van der Waals surface area contributed by atoms with Crippen LogP contribution < -0.4 is 0 Å². The first-order valence-electron chi connectivity index (χ1n) is 4.59. The van der Waals surface area contributed by atoms with Gasteiger partial charge in [0.05, 0.1) is 6.10 Å². The van der Waals surface area contributed by atoms with E-state index in [1.807, 2.05) is 0 Å². The summed E-state index contributed by atoms with van der Waals surface area (Å²) < 4.78 is 24.2. The number of amides is 1. The molecule has 0 radical (unpaired) electrons. The van der Waals surface area contributed by atoms with Crippen LogP contribution in [0, 0.1) is 5.41 Å². The lowest BCUT2D eigenvalue weighted by Crippen LogP contribution is -2.52. The second-order valence-corrected chi connectivity index (χ2v) is 4.35. The van der Waals surface area contributed by atoms with Crippen molar-refractivity contribution in [1.29, 1.82) is 0 Å². The van der Waals surface area contributed by atoms with E-state index in [2.05, 4.69) is 0 Å². The summed E-state index contributed by atoms with van der Waals surface area (Å²) in [5.74, 6) is -1.13. The van der Waals surface area contributed by atoms with E-state index in [1.54, 1.807) is 13.8 Å². The monoisotopic (exact) mass is 207 g/mol. The van der Waals surface area contributed by atoms with Crippen LogP contribution in [0.2, 0.25) is 0 Å². The van der Waals surface area contributed by atoms with Crippen LogP contribution >= 0.6 is 0 Å². The molecular formula is C9H15F2NO2. The van der Waals surface area contributed by atoms with Crippen LogP contribution in [-0.4, -0.2) is 41.5 Å². The van der Waals surface area contributed by atoms with Crippen molar-refractivity contribution in [3.63, 3.8) is 0 Å². The smallest absolute Gasteiger partial charge is 0.315 e. The van der Waals surface area contributed by atoms with Crippen molar-refractivity contribution in [2.75, 3.05) is 13.1 Å². The predicted molar refractivity (Wildman–Crippen MR) is 47.0 cm³/mol. The van der Waals surface area contributed by atoms with Gasteiger partial charge in [-0.2, -0.15) is 8.78 Å². The van der Waals surface area contributed by atoms with E-state index in [4.69, 9.17) is 0 Å². The van der Waals surface area contributed by atoms with Crippen molar-refractivity contribution in [1.82, 2.24) is 4.90 Å². The third-order valence-corrected chi connectivity index (χ3v) is 2.67. The molecule has 1 rings (SSSR count). The zero-order valence-electron chi connectivity index (χ0n) is 8.33. The Morgan fingerprint density at radius 2 is 2.14 bits per heavy atom. The lowest BCUT2D eigenvalue weighted by molar-refractivity contribution is -0.149. The summed E-state index contributed by atoms with van der Waals surface area (Å²) in [6.45, 7) is 3.94. The molecule has 1 N–H and O–H groups in total. The van der Waals surface area contributed by atoms with E-state index in [9.17, 15) is 18.7 Å². The second-order valence-electron chi connectivity index (χ2n) is 4.35. The van der Waals surface area contributed by atoms with Gasteiger partial charge in [-0.25, -0.2) is 0 Å². The fourth-order valence-electron chi connectivity index (χ4n) is 1.67. The maximum Gasteiger partial charge on any atom is 0.315 e. The van der Waals surface area contributed by atoms with E-state index in [0.29, 0.717) is 6.42 Å². The zero-order chi connectivity index (χ0) is 10.9. The number of hydrogen-bond donors (Lipinski definition) is 1. The molecule has 0 saturated carbocycles. The summed E-state index contributed by atoms with van der Waals surface area (Å²) in [4.78, 5) is 12.1. The molecule has 1 amide bonds. The molecule has 0 spiro atoms. The molecule has 1 aliphatic rings. The summed E-state index contributed by atoms with van der Waals surface area (Å²) in [6.07, 6.45) is -3.10. The quantitative estimate of drug-likeness (QED) is 0.693. The Balaban J connectivity index is 2.64. The molecule has 0 aliphatic carbocycles. The number of hydrogen-bond acceptors (Lipinski definition) is 2. The lowest BCUT2D eigenvalue weighted by atomic mass is 9.81. The SMILES string of the molecule is CC1(C)CN(C(=O)C(F)F)CCC1O. The van der Waals surface area contributed by atoms with Crippen LogP contribution in [0.25, 0.3) is 0 Å². The maximum absolute atomic E-state index is 12.1.